The molecule has 0 saturated carbocycles. The maximum Gasteiger partial charge on any atom is 0.275 e. The Balaban J connectivity index is 2.06. The molecule has 98 valence electrons. The molecule has 0 radical (unpaired) electrons. The summed E-state index contributed by atoms with van der Waals surface area (Å²) in [6.45, 7) is 3.34. The lowest BCUT2D eigenvalue weighted by molar-refractivity contribution is -0.444. The number of nitro benzene ring substituents is 1. The molecule has 2 heterocycles. The predicted octanol–water partition coefficient (Wildman–Crippen LogP) is -3.54. The van der Waals surface area contributed by atoms with Crippen molar-refractivity contribution in [3.8, 4) is 0 Å². The molecular formula is C12H15N5O2+2. The van der Waals surface area contributed by atoms with Gasteiger partial charge in [0.25, 0.3) is 17.4 Å². The highest BCUT2D eigenvalue weighted by atomic mass is 16.6. The van der Waals surface area contributed by atoms with E-state index in [4.69, 9.17) is 0 Å². The van der Waals surface area contributed by atoms with Crippen LogP contribution in [0.25, 0.3) is 0 Å². The first-order chi connectivity index (χ1) is 9.24. The summed E-state index contributed by atoms with van der Waals surface area (Å²) in [5, 5.41) is 17.4. The van der Waals surface area contributed by atoms with Crippen molar-refractivity contribution in [1.82, 2.24) is 10.6 Å². The molecule has 7 nitrogen and oxygen atoms in total. The van der Waals surface area contributed by atoms with Crippen LogP contribution in [0.1, 0.15) is 11.1 Å². The summed E-state index contributed by atoms with van der Waals surface area (Å²) in [5.74, 6) is 1.70. The smallest absolute Gasteiger partial charge is 0.270 e. The highest BCUT2D eigenvalue weighted by Crippen LogP contribution is 2.17. The zero-order chi connectivity index (χ0) is 13.2. The molecule has 3 rings (SSSR count). The summed E-state index contributed by atoms with van der Waals surface area (Å²) in [4.78, 5) is 17.1. The summed E-state index contributed by atoms with van der Waals surface area (Å²) < 4.78 is 0. The molecule has 0 atom stereocenters. The van der Waals surface area contributed by atoms with Gasteiger partial charge in [-0.25, -0.2) is 0 Å². The van der Waals surface area contributed by atoms with Crippen LogP contribution in [0.3, 0.4) is 0 Å². The minimum Gasteiger partial charge on any atom is -0.270 e. The van der Waals surface area contributed by atoms with Gasteiger partial charge in [-0.05, 0) is 6.07 Å². The molecule has 0 saturated heterocycles. The Hall–Kier alpha value is -2.44. The van der Waals surface area contributed by atoms with Crippen LogP contribution in [-0.4, -0.2) is 42.8 Å². The summed E-state index contributed by atoms with van der Waals surface area (Å²) in [5.41, 5.74) is 1.72. The first kappa shape index (κ1) is 11.6. The SMILES string of the molecule is O=[N+]([O-])c1cc(C2=[NH+]CCN2)cc(C2=[NH+]CCN2)c1. The van der Waals surface area contributed by atoms with Gasteiger partial charge >= 0.3 is 0 Å². The van der Waals surface area contributed by atoms with Gasteiger partial charge in [0, 0.05) is 12.1 Å². The number of nitrogens with zero attached hydrogens (tertiary/aromatic N) is 1. The van der Waals surface area contributed by atoms with E-state index in [1.807, 2.05) is 6.07 Å². The molecule has 0 aliphatic carbocycles. The van der Waals surface area contributed by atoms with E-state index in [1.54, 1.807) is 12.1 Å². The van der Waals surface area contributed by atoms with E-state index in [0.717, 1.165) is 49.0 Å². The van der Waals surface area contributed by atoms with E-state index in [-0.39, 0.29) is 10.6 Å². The van der Waals surface area contributed by atoms with Gasteiger partial charge in [-0.1, -0.05) is 0 Å². The topological polar surface area (TPSA) is 95.1 Å². The fourth-order valence-corrected chi connectivity index (χ4v) is 2.29. The van der Waals surface area contributed by atoms with Crippen molar-refractivity contribution in [2.24, 2.45) is 0 Å². The van der Waals surface area contributed by atoms with Crippen LogP contribution < -0.4 is 20.6 Å². The average molecular weight is 261 g/mol. The zero-order valence-electron chi connectivity index (χ0n) is 10.3. The number of non-ortho nitro benzene ring substituents is 1. The van der Waals surface area contributed by atoms with Crippen molar-refractivity contribution in [3.05, 3.63) is 39.4 Å². The minimum absolute atomic E-state index is 0.0958. The Labute approximate surface area is 109 Å². The van der Waals surface area contributed by atoms with Crippen LogP contribution in [0.5, 0.6) is 0 Å². The molecule has 0 amide bonds. The Morgan fingerprint density at radius 1 is 1.00 bits per heavy atom. The van der Waals surface area contributed by atoms with Gasteiger partial charge in [0.2, 0.25) is 0 Å². The van der Waals surface area contributed by atoms with Crippen LogP contribution in [-0.2, 0) is 0 Å². The first-order valence-corrected chi connectivity index (χ1v) is 6.24. The Kier molecular flexibility index (Phi) is 2.86. The molecule has 7 heteroatoms. The molecule has 0 bridgehead atoms. The molecule has 2 aliphatic heterocycles. The van der Waals surface area contributed by atoms with Crippen molar-refractivity contribution >= 4 is 17.4 Å². The van der Waals surface area contributed by atoms with Crippen LogP contribution in [0.15, 0.2) is 18.2 Å². The summed E-state index contributed by atoms with van der Waals surface area (Å²) in [6.07, 6.45) is 0. The van der Waals surface area contributed by atoms with Gasteiger partial charge in [0.15, 0.2) is 0 Å². The summed E-state index contributed by atoms with van der Waals surface area (Å²) >= 11 is 0. The number of hydrogen-bond donors (Lipinski definition) is 4. The Morgan fingerprint density at radius 2 is 1.53 bits per heavy atom. The van der Waals surface area contributed by atoms with Crippen molar-refractivity contribution in [3.63, 3.8) is 0 Å². The van der Waals surface area contributed by atoms with Gasteiger partial charge in [0.1, 0.15) is 26.2 Å². The normalized spacial score (nSPS) is 17.5. The van der Waals surface area contributed by atoms with Crippen molar-refractivity contribution < 1.29 is 14.9 Å². The van der Waals surface area contributed by atoms with E-state index in [9.17, 15) is 10.1 Å². The average Bonchev–Trinajstić information content (AvgIpc) is 3.11. The van der Waals surface area contributed by atoms with E-state index >= 15 is 0 Å². The lowest BCUT2D eigenvalue weighted by atomic mass is 10.1. The van der Waals surface area contributed by atoms with Crippen molar-refractivity contribution in [1.29, 1.82) is 0 Å². The largest absolute Gasteiger partial charge is 0.275 e. The highest BCUT2D eigenvalue weighted by molar-refractivity contribution is 6.01. The Morgan fingerprint density at radius 3 is 1.89 bits per heavy atom. The highest BCUT2D eigenvalue weighted by Gasteiger charge is 2.24. The van der Waals surface area contributed by atoms with Crippen molar-refractivity contribution in [2.75, 3.05) is 26.2 Å². The molecule has 2 aliphatic rings. The Bertz CT molecular complexity index is 552. The maximum atomic E-state index is 11.0. The number of amidine groups is 2. The maximum absolute atomic E-state index is 11.0. The van der Waals surface area contributed by atoms with E-state index in [0.29, 0.717) is 0 Å². The monoisotopic (exact) mass is 261 g/mol. The van der Waals surface area contributed by atoms with Gasteiger partial charge in [-0.3, -0.25) is 30.7 Å². The van der Waals surface area contributed by atoms with Crippen molar-refractivity contribution in [2.45, 2.75) is 0 Å². The number of benzene rings is 1. The summed E-state index contributed by atoms with van der Waals surface area (Å²) in [7, 11) is 0. The van der Waals surface area contributed by atoms with Gasteiger partial charge in [0.05, 0.1) is 16.1 Å². The molecular weight excluding hydrogens is 246 g/mol. The van der Waals surface area contributed by atoms with E-state index in [2.05, 4.69) is 20.6 Å². The van der Waals surface area contributed by atoms with Gasteiger partial charge in [-0.2, -0.15) is 0 Å². The van der Waals surface area contributed by atoms with Crippen LogP contribution in [0.4, 0.5) is 5.69 Å². The van der Waals surface area contributed by atoms with Gasteiger partial charge in [-0.15, -0.1) is 0 Å². The molecule has 19 heavy (non-hydrogen) atoms. The second kappa shape index (κ2) is 4.68. The second-order valence-corrected chi connectivity index (χ2v) is 4.48. The number of nitrogens with one attached hydrogen (secondary N) is 4. The van der Waals surface area contributed by atoms with E-state index in [1.165, 1.54) is 0 Å². The van der Waals surface area contributed by atoms with Gasteiger partial charge < -0.3 is 0 Å². The van der Waals surface area contributed by atoms with Crippen LogP contribution >= 0.6 is 0 Å². The molecule has 1 aromatic rings. The molecule has 0 unspecified atom stereocenters. The number of nitro groups is 1. The third kappa shape index (κ3) is 2.26. The fraction of sp³-hybridized carbons (Fsp3) is 0.333. The predicted molar refractivity (Wildman–Crippen MR) is 69.0 cm³/mol. The molecule has 0 aromatic heterocycles. The first-order valence-electron chi connectivity index (χ1n) is 6.24. The fourth-order valence-electron chi connectivity index (χ4n) is 2.29. The minimum atomic E-state index is -0.363. The standard InChI is InChI=1S/C12H13N5O2/c18-17(19)10-6-8(11-13-1-2-14-11)5-9(7-10)12-15-3-4-16-12/h5-7H,1-4H2,(H,13,14)(H,15,16)/p+2. The van der Waals surface area contributed by atoms with Crippen LogP contribution in [0, 0.1) is 10.1 Å². The second-order valence-electron chi connectivity index (χ2n) is 4.48. The third-order valence-corrected chi connectivity index (χ3v) is 3.16. The number of rotatable bonds is 3. The van der Waals surface area contributed by atoms with E-state index < -0.39 is 0 Å². The molecule has 4 N–H and O–H groups in total. The lowest BCUT2D eigenvalue weighted by Crippen LogP contribution is -2.71. The molecule has 0 fully saturated rings. The molecule has 0 spiro atoms. The van der Waals surface area contributed by atoms with Crippen LogP contribution in [0.2, 0.25) is 0 Å². The number of hydrogen-bond acceptors (Lipinski definition) is 4. The quantitative estimate of drug-likeness (QED) is 0.335. The molecule has 1 aromatic carbocycles. The summed E-state index contributed by atoms with van der Waals surface area (Å²) in [6, 6.07) is 5.10. The third-order valence-electron chi connectivity index (χ3n) is 3.16. The lowest BCUT2D eigenvalue weighted by Gasteiger charge is -2.01. The zero-order valence-corrected chi connectivity index (χ0v) is 10.3.